The summed E-state index contributed by atoms with van der Waals surface area (Å²) >= 11 is 3.27. The summed E-state index contributed by atoms with van der Waals surface area (Å²) in [6.07, 6.45) is 0.713. The molecule has 1 aromatic rings. The van der Waals surface area contributed by atoms with Crippen LogP contribution in [-0.4, -0.2) is 26.0 Å². The van der Waals surface area contributed by atoms with Gasteiger partial charge in [0.2, 0.25) is 0 Å². The predicted molar refractivity (Wildman–Crippen MR) is 67.8 cm³/mol. The molecule has 0 unspecified atom stereocenters. The van der Waals surface area contributed by atoms with Gasteiger partial charge >= 0.3 is 0 Å². The zero-order valence-corrected chi connectivity index (χ0v) is 11.7. The molecular formula is C10H13BrN2O3S. The van der Waals surface area contributed by atoms with E-state index in [1.165, 1.54) is 6.07 Å². The Kier molecular flexibility index (Phi) is 3.44. The van der Waals surface area contributed by atoms with Crippen LogP contribution in [0.3, 0.4) is 0 Å². The minimum atomic E-state index is -3.60. The molecule has 5 nitrogen and oxygen atoms in total. The van der Waals surface area contributed by atoms with Gasteiger partial charge in [0, 0.05) is 16.7 Å². The summed E-state index contributed by atoms with van der Waals surface area (Å²) in [5.41, 5.74) is 6.75. The normalized spacial score (nSPS) is 17.5. The van der Waals surface area contributed by atoms with Crippen LogP contribution in [0, 0.1) is 6.92 Å². The number of hydrogen-bond acceptors (Lipinski definition) is 4. The summed E-state index contributed by atoms with van der Waals surface area (Å²) in [6.45, 7) is 2.55. The first-order valence-corrected chi connectivity index (χ1v) is 7.37. The van der Waals surface area contributed by atoms with Gasteiger partial charge in [-0.15, -0.1) is 0 Å². The summed E-state index contributed by atoms with van der Waals surface area (Å²) < 4.78 is 26.2. The fourth-order valence-electron chi connectivity index (χ4n) is 1.67. The van der Waals surface area contributed by atoms with E-state index in [-0.39, 0.29) is 4.90 Å². The molecule has 2 N–H and O–H groups in total. The van der Waals surface area contributed by atoms with Gasteiger partial charge < -0.3 is 5.73 Å². The van der Waals surface area contributed by atoms with Gasteiger partial charge in [0.1, 0.15) is 0 Å². The summed E-state index contributed by atoms with van der Waals surface area (Å²) in [7, 11) is -3.60. The van der Waals surface area contributed by atoms with Crippen molar-refractivity contribution in [3.05, 3.63) is 22.2 Å². The molecule has 0 amide bonds. The van der Waals surface area contributed by atoms with Crippen LogP contribution in [0.4, 0.5) is 5.69 Å². The highest BCUT2D eigenvalue weighted by atomic mass is 79.9. The second-order valence-electron chi connectivity index (χ2n) is 3.86. The maximum absolute atomic E-state index is 12.2. The number of aryl methyl sites for hydroxylation is 1. The zero-order valence-electron chi connectivity index (χ0n) is 9.31. The molecule has 0 bridgehead atoms. The van der Waals surface area contributed by atoms with Crippen molar-refractivity contribution in [3.8, 4) is 0 Å². The highest BCUT2D eigenvalue weighted by Gasteiger charge is 2.30. The van der Waals surface area contributed by atoms with E-state index in [1.54, 1.807) is 13.0 Å². The van der Waals surface area contributed by atoms with Gasteiger partial charge in [-0.1, -0.05) is 4.47 Å². The minimum Gasteiger partial charge on any atom is -0.398 e. The molecule has 94 valence electrons. The molecule has 0 radical (unpaired) electrons. The van der Waals surface area contributed by atoms with Crippen molar-refractivity contribution in [1.29, 1.82) is 0 Å². The number of nitrogen functional groups attached to an aromatic ring is 1. The Balaban J connectivity index is 2.49. The molecule has 2 rings (SSSR count). The summed E-state index contributed by atoms with van der Waals surface area (Å²) in [5.74, 6) is 0. The molecule has 0 aromatic heterocycles. The van der Waals surface area contributed by atoms with E-state index >= 15 is 0 Å². The van der Waals surface area contributed by atoms with E-state index in [2.05, 4.69) is 15.9 Å². The number of sulfonamides is 1. The van der Waals surface area contributed by atoms with Crippen LogP contribution < -0.4 is 5.73 Å². The highest BCUT2D eigenvalue weighted by molar-refractivity contribution is 9.10. The number of nitrogens with zero attached hydrogens (tertiary/aromatic N) is 1. The van der Waals surface area contributed by atoms with Gasteiger partial charge in [0.25, 0.3) is 10.0 Å². The van der Waals surface area contributed by atoms with Crippen LogP contribution in [0.15, 0.2) is 21.5 Å². The molecule has 7 heteroatoms. The monoisotopic (exact) mass is 320 g/mol. The van der Waals surface area contributed by atoms with Crippen molar-refractivity contribution in [2.45, 2.75) is 18.2 Å². The Bertz CT molecular complexity index is 539. The molecular weight excluding hydrogens is 308 g/mol. The van der Waals surface area contributed by atoms with Crippen LogP contribution in [0.25, 0.3) is 0 Å². The molecule has 1 heterocycles. The first-order valence-electron chi connectivity index (χ1n) is 5.14. The average molecular weight is 321 g/mol. The lowest BCUT2D eigenvalue weighted by Gasteiger charge is -2.16. The predicted octanol–water partition coefficient (Wildman–Crippen LogP) is 1.67. The first kappa shape index (κ1) is 12.8. The topological polar surface area (TPSA) is 72.6 Å². The van der Waals surface area contributed by atoms with Gasteiger partial charge in [-0.3, -0.25) is 4.84 Å². The number of anilines is 1. The van der Waals surface area contributed by atoms with Gasteiger partial charge in [-0.25, -0.2) is 8.42 Å². The highest BCUT2D eigenvalue weighted by Crippen LogP contribution is 2.29. The molecule has 1 aromatic carbocycles. The lowest BCUT2D eigenvalue weighted by Crippen LogP contribution is -2.27. The number of benzene rings is 1. The maximum Gasteiger partial charge on any atom is 0.265 e. The molecule has 1 aliphatic heterocycles. The molecule has 0 aliphatic carbocycles. The largest absolute Gasteiger partial charge is 0.398 e. The van der Waals surface area contributed by atoms with E-state index in [0.29, 0.717) is 35.3 Å². The number of halogens is 1. The number of hydroxylamine groups is 1. The molecule has 17 heavy (non-hydrogen) atoms. The number of hydrogen-bond donors (Lipinski definition) is 1. The average Bonchev–Trinajstić information content (AvgIpc) is 2.77. The summed E-state index contributed by atoms with van der Waals surface area (Å²) in [5, 5.41) is 0. The van der Waals surface area contributed by atoms with Crippen molar-refractivity contribution in [3.63, 3.8) is 0 Å². The van der Waals surface area contributed by atoms with Gasteiger partial charge in [0.15, 0.2) is 0 Å². The standard InChI is InChI=1S/C10H13BrN2O3S/c1-7-5-8(11)9(12)6-10(7)17(14,15)13-3-2-4-16-13/h5-6H,2-4,12H2,1H3. The molecule has 0 saturated carbocycles. The Morgan fingerprint density at radius 1 is 1.47 bits per heavy atom. The van der Waals surface area contributed by atoms with Crippen LogP contribution in [0.2, 0.25) is 0 Å². The smallest absolute Gasteiger partial charge is 0.265 e. The third-order valence-corrected chi connectivity index (χ3v) is 5.07. The van der Waals surface area contributed by atoms with E-state index in [9.17, 15) is 8.42 Å². The maximum atomic E-state index is 12.2. The molecule has 1 saturated heterocycles. The molecule has 1 aliphatic rings. The van der Waals surface area contributed by atoms with Crippen molar-refractivity contribution in [2.75, 3.05) is 18.9 Å². The second-order valence-corrected chi connectivity index (χ2v) is 6.51. The van der Waals surface area contributed by atoms with Gasteiger partial charge in [-0.05, 0) is 47.0 Å². The lowest BCUT2D eigenvalue weighted by atomic mass is 10.2. The van der Waals surface area contributed by atoms with Crippen molar-refractivity contribution >= 4 is 31.6 Å². The quantitative estimate of drug-likeness (QED) is 0.841. The Labute approximate surface area is 109 Å². The van der Waals surface area contributed by atoms with E-state index in [4.69, 9.17) is 10.6 Å². The van der Waals surface area contributed by atoms with Crippen molar-refractivity contribution < 1.29 is 13.3 Å². The fraction of sp³-hybridized carbons (Fsp3) is 0.400. The summed E-state index contributed by atoms with van der Waals surface area (Å²) in [4.78, 5) is 5.28. The van der Waals surface area contributed by atoms with Crippen molar-refractivity contribution in [1.82, 2.24) is 4.47 Å². The Morgan fingerprint density at radius 2 is 2.18 bits per heavy atom. The van der Waals surface area contributed by atoms with Gasteiger partial charge in [0.05, 0.1) is 11.5 Å². The molecule has 1 fully saturated rings. The fourth-order valence-corrected chi connectivity index (χ4v) is 3.67. The molecule has 0 atom stereocenters. The van der Waals surface area contributed by atoms with Crippen LogP contribution in [0.5, 0.6) is 0 Å². The number of rotatable bonds is 2. The second kappa shape index (κ2) is 4.56. The Hall–Kier alpha value is -0.630. The lowest BCUT2D eigenvalue weighted by molar-refractivity contribution is -0.0284. The van der Waals surface area contributed by atoms with Gasteiger partial charge in [-0.2, -0.15) is 0 Å². The zero-order chi connectivity index (χ0) is 12.6. The van der Waals surface area contributed by atoms with Crippen LogP contribution in [-0.2, 0) is 14.9 Å². The van der Waals surface area contributed by atoms with E-state index in [1.807, 2.05) is 0 Å². The third-order valence-electron chi connectivity index (χ3n) is 2.56. The van der Waals surface area contributed by atoms with Crippen molar-refractivity contribution in [2.24, 2.45) is 0 Å². The minimum absolute atomic E-state index is 0.195. The van der Waals surface area contributed by atoms with E-state index < -0.39 is 10.0 Å². The summed E-state index contributed by atoms with van der Waals surface area (Å²) in [6, 6.07) is 3.15. The van der Waals surface area contributed by atoms with Crippen LogP contribution in [0.1, 0.15) is 12.0 Å². The SMILES string of the molecule is Cc1cc(Br)c(N)cc1S(=O)(=O)N1CCCO1. The number of nitrogens with two attached hydrogens (primary N) is 1. The van der Waals surface area contributed by atoms with E-state index in [0.717, 1.165) is 4.47 Å². The Morgan fingerprint density at radius 3 is 2.76 bits per heavy atom. The third kappa shape index (κ3) is 2.33. The van der Waals surface area contributed by atoms with Crippen LogP contribution >= 0.6 is 15.9 Å². The molecule has 0 spiro atoms. The first-order chi connectivity index (χ1) is 7.93.